The normalized spacial score (nSPS) is 12.4. The zero-order chi connectivity index (χ0) is 8.27. The highest BCUT2D eigenvalue weighted by Crippen LogP contribution is 2.20. The van der Waals surface area contributed by atoms with Gasteiger partial charge in [0.15, 0.2) is 0 Å². The molecule has 1 heterocycles. The Kier molecular flexibility index (Phi) is 2.17. The summed E-state index contributed by atoms with van der Waals surface area (Å²) in [5, 5.41) is 12.4. The van der Waals surface area contributed by atoms with E-state index in [1.807, 2.05) is 6.92 Å². The molecule has 0 radical (unpaired) electrons. The molecule has 1 aromatic heterocycles. The van der Waals surface area contributed by atoms with E-state index >= 15 is 0 Å². The minimum atomic E-state index is -0.163. The van der Waals surface area contributed by atoms with E-state index < -0.39 is 0 Å². The summed E-state index contributed by atoms with van der Waals surface area (Å²) in [6, 6.07) is 1.47. The van der Waals surface area contributed by atoms with Crippen LogP contribution in [-0.2, 0) is 0 Å². The molecule has 1 N–H and O–H groups in total. The lowest BCUT2D eigenvalue weighted by molar-refractivity contribution is 0.275. The Balaban J connectivity index is 2.70. The summed E-state index contributed by atoms with van der Waals surface area (Å²) < 4.78 is 4.47. The van der Waals surface area contributed by atoms with Gasteiger partial charge in [-0.2, -0.15) is 0 Å². The molecule has 0 bridgehead atoms. The van der Waals surface area contributed by atoms with Gasteiger partial charge in [-0.3, -0.25) is 0 Å². The van der Waals surface area contributed by atoms with Gasteiger partial charge in [-0.1, -0.05) is 12.1 Å². The fourth-order valence-corrected chi connectivity index (χ4v) is 0.792. The van der Waals surface area contributed by atoms with Crippen molar-refractivity contribution in [2.45, 2.75) is 19.3 Å². The number of aromatic nitrogens is 1. The molecule has 0 fully saturated rings. The molecule has 1 atom stereocenters. The first-order valence-electron chi connectivity index (χ1n) is 3.33. The molecule has 0 saturated heterocycles. The summed E-state index contributed by atoms with van der Waals surface area (Å²) in [6.45, 7) is 1.93. The van der Waals surface area contributed by atoms with E-state index in [0.717, 1.165) is 0 Å². The molecule has 3 heteroatoms. The molecule has 1 aromatic rings. The van der Waals surface area contributed by atoms with Crippen molar-refractivity contribution in [2.24, 2.45) is 0 Å². The van der Waals surface area contributed by atoms with Crippen molar-refractivity contribution in [3.05, 3.63) is 11.8 Å². The number of terminal acetylenes is 1. The zero-order valence-electron chi connectivity index (χ0n) is 6.24. The van der Waals surface area contributed by atoms with E-state index in [4.69, 9.17) is 11.5 Å². The minimum absolute atomic E-state index is 0.143. The van der Waals surface area contributed by atoms with Gasteiger partial charge in [-0.15, -0.1) is 12.3 Å². The second kappa shape index (κ2) is 3.11. The highest BCUT2D eigenvalue weighted by molar-refractivity contribution is 5.14. The maximum absolute atomic E-state index is 8.79. The van der Waals surface area contributed by atoms with Crippen molar-refractivity contribution in [2.75, 3.05) is 0 Å². The number of hydrogen-bond donors (Lipinski definition) is 1. The van der Waals surface area contributed by atoms with Crippen LogP contribution in [0.3, 0.4) is 0 Å². The van der Waals surface area contributed by atoms with Gasteiger partial charge in [-0.05, 0) is 0 Å². The van der Waals surface area contributed by atoms with Crippen molar-refractivity contribution in [3.63, 3.8) is 0 Å². The van der Waals surface area contributed by atoms with Crippen molar-refractivity contribution < 1.29 is 9.63 Å². The van der Waals surface area contributed by atoms with Crippen LogP contribution in [-0.4, -0.2) is 10.3 Å². The van der Waals surface area contributed by atoms with E-state index in [-0.39, 0.29) is 11.9 Å². The van der Waals surface area contributed by atoms with Crippen LogP contribution in [0.5, 0.6) is 5.95 Å². The third kappa shape index (κ3) is 1.74. The quantitative estimate of drug-likeness (QED) is 0.651. The molecule has 1 rings (SSSR count). The average Bonchev–Trinajstić information content (AvgIpc) is 2.36. The van der Waals surface area contributed by atoms with Crippen LogP contribution in [0.2, 0.25) is 0 Å². The first-order chi connectivity index (χ1) is 5.24. The summed E-state index contributed by atoms with van der Waals surface area (Å²) >= 11 is 0. The van der Waals surface area contributed by atoms with Gasteiger partial charge < -0.3 is 9.63 Å². The number of nitrogens with zero attached hydrogens (tertiary/aromatic N) is 1. The lowest BCUT2D eigenvalue weighted by Gasteiger charge is -1.98. The number of rotatable bonds is 2. The zero-order valence-corrected chi connectivity index (χ0v) is 6.24. The van der Waals surface area contributed by atoms with Crippen molar-refractivity contribution in [1.29, 1.82) is 0 Å². The molecule has 0 unspecified atom stereocenters. The molecule has 11 heavy (non-hydrogen) atoms. The van der Waals surface area contributed by atoms with E-state index in [0.29, 0.717) is 12.1 Å². The molecule has 0 spiro atoms. The standard InChI is InChI=1S/C8H9NO2/c1-3-4-6(2)7-5-8(10)11-9-7/h1,5-6,10H,4H2,2H3/t6-/m0/s1. The maximum atomic E-state index is 8.79. The fraction of sp³-hybridized carbons (Fsp3) is 0.375. The van der Waals surface area contributed by atoms with E-state index in [1.165, 1.54) is 6.07 Å². The van der Waals surface area contributed by atoms with Crippen LogP contribution in [0, 0.1) is 12.3 Å². The molecule has 58 valence electrons. The van der Waals surface area contributed by atoms with Crippen LogP contribution < -0.4 is 0 Å². The van der Waals surface area contributed by atoms with Gasteiger partial charge in [0.1, 0.15) is 0 Å². The van der Waals surface area contributed by atoms with Gasteiger partial charge in [0.2, 0.25) is 0 Å². The Hall–Kier alpha value is -1.43. The largest absolute Gasteiger partial charge is 0.479 e. The molecule has 3 nitrogen and oxygen atoms in total. The smallest absolute Gasteiger partial charge is 0.308 e. The van der Waals surface area contributed by atoms with Crippen molar-refractivity contribution >= 4 is 0 Å². The van der Waals surface area contributed by atoms with Crippen molar-refractivity contribution in [3.8, 4) is 18.3 Å². The Morgan fingerprint density at radius 3 is 3.09 bits per heavy atom. The Bertz CT molecular complexity index is 272. The third-order valence-electron chi connectivity index (χ3n) is 1.44. The molecule has 0 saturated carbocycles. The predicted molar refractivity (Wildman–Crippen MR) is 40.0 cm³/mol. The molecular formula is C8H9NO2. The van der Waals surface area contributed by atoms with Crippen LogP contribution in [0.1, 0.15) is 25.0 Å². The predicted octanol–water partition coefficient (Wildman–Crippen LogP) is 1.51. The van der Waals surface area contributed by atoms with Gasteiger partial charge in [-0.25, -0.2) is 0 Å². The summed E-state index contributed by atoms with van der Waals surface area (Å²) in [5.41, 5.74) is 0.695. The highest BCUT2D eigenvalue weighted by atomic mass is 16.5. The minimum Gasteiger partial charge on any atom is -0.479 e. The molecule has 0 aromatic carbocycles. The average molecular weight is 151 g/mol. The number of aromatic hydroxyl groups is 1. The monoisotopic (exact) mass is 151 g/mol. The SMILES string of the molecule is C#CC[C@H](C)c1cc(O)on1. The summed E-state index contributed by atoms with van der Waals surface area (Å²) in [7, 11) is 0. The van der Waals surface area contributed by atoms with Crippen LogP contribution in [0.15, 0.2) is 10.6 Å². The molecule has 0 aliphatic heterocycles. The van der Waals surface area contributed by atoms with Gasteiger partial charge >= 0.3 is 5.95 Å². The van der Waals surface area contributed by atoms with Gasteiger partial charge in [0.05, 0.1) is 5.69 Å². The summed E-state index contributed by atoms with van der Waals surface area (Å²) in [5.74, 6) is 2.49. The molecule has 0 amide bonds. The van der Waals surface area contributed by atoms with Crippen LogP contribution in [0.25, 0.3) is 0 Å². The molecule has 0 aliphatic rings. The van der Waals surface area contributed by atoms with Gasteiger partial charge in [0.25, 0.3) is 0 Å². The topological polar surface area (TPSA) is 46.3 Å². The van der Waals surface area contributed by atoms with E-state index in [2.05, 4.69) is 15.6 Å². The van der Waals surface area contributed by atoms with Gasteiger partial charge in [0, 0.05) is 18.4 Å². The first-order valence-corrected chi connectivity index (χ1v) is 3.33. The van der Waals surface area contributed by atoms with E-state index in [9.17, 15) is 0 Å². The van der Waals surface area contributed by atoms with Crippen LogP contribution in [0.4, 0.5) is 0 Å². The number of hydrogen-bond acceptors (Lipinski definition) is 3. The second-order valence-corrected chi connectivity index (χ2v) is 2.40. The van der Waals surface area contributed by atoms with E-state index in [1.54, 1.807) is 0 Å². The third-order valence-corrected chi connectivity index (χ3v) is 1.44. The summed E-state index contributed by atoms with van der Waals surface area (Å²) in [4.78, 5) is 0. The molecular weight excluding hydrogens is 142 g/mol. The second-order valence-electron chi connectivity index (χ2n) is 2.40. The Morgan fingerprint density at radius 2 is 2.64 bits per heavy atom. The first kappa shape index (κ1) is 7.67. The summed E-state index contributed by atoms with van der Waals surface area (Å²) in [6.07, 6.45) is 5.71. The molecule has 0 aliphatic carbocycles. The van der Waals surface area contributed by atoms with Crippen LogP contribution >= 0.6 is 0 Å². The lowest BCUT2D eigenvalue weighted by Crippen LogP contribution is -1.90. The highest BCUT2D eigenvalue weighted by Gasteiger charge is 2.09. The fourth-order valence-electron chi connectivity index (χ4n) is 0.792. The van der Waals surface area contributed by atoms with Crippen molar-refractivity contribution in [1.82, 2.24) is 5.16 Å². The Labute approximate surface area is 65.0 Å². The lowest BCUT2D eigenvalue weighted by atomic mass is 10.1. The Morgan fingerprint density at radius 1 is 1.91 bits per heavy atom. The maximum Gasteiger partial charge on any atom is 0.308 e.